The van der Waals surface area contributed by atoms with E-state index in [-0.39, 0.29) is 5.56 Å². The van der Waals surface area contributed by atoms with Crippen LogP contribution in [-0.2, 0) is 13.2 Å². The summed E-state index contributed by atoms with van der Waals surface area (Å²) in [6, 6.07) is 21.6. The van der Waals surface area contributed by atoms with Crippen LogP contribution < -0.4 is 10.3 Å². The van der Waals surface area contributed by atoms with Gasteiger partial charge in [-0.3, -0.25) is 4.79 Å². The molecule has 0 fully saturated rings. The zero-order chi connectivity index (χ0) is 19.3. The Kier molecular flexibility index (Phi) is 3.99. The summed E-state index contributed by atoms with van der Waals surface area (Å²) in [4.78, 5) is 12.8. The van der Waals surface area contributed by atoms with Crippen molar-refractivity contribution in [3.8, 4) is 16.9 Å². The Morgan fingerprint density at radius 1 is 0.964 bits per heavy atom. The first-order chi connectivity index (χ1) is 13.6. The summed E-state index contributed by atoms with van der Waals surface area (Å²) in [7, 11) is 0. The fraction of sp³-hybridized carbons (Fsp3) is 0.125. The van der Waals surface area contributed by atoms with Crippen LogP contribution in [0.5, 0.6) is 5.75 Å². The quantitative estimate of drug-likeness (QED) is 0.427. The Labute approximate surface area is 167 Å². The summed E-state index contributed by atoms with van der Waals surface area (Å²) in [5.74, 6) is 0.704. The molecule has 5 rings (SSSR count). The van der Waals surface area contributed by atoms with E-state index in [2.05, 4.69) is 31.2 Å². The van der Waals surface area contributed by atoms with Gasteiger partial charge in [-0.25, -0.2) is 0 Å². The highest BCUT2D eigenvalue weighted by atomic mass is 35.5. The van der Waals surface area contributed by atoms with Gasteiger partial charge < -0.3 is 9.30 Å². The summed E-state index contributed by atoms with van der Waals surface area (Å²) in [6.45, 7) is 3.01. The van der Waals surface area contributed by atoms with Crippen molar-refractivity contribution < 1.29 is 4.74 Å². The lowest BCUT2D eigenvalue weighted by atomic mass is 9.99. The molecule has 1 aromatic heterocycles. The fourth-order valence-electron chi connectivity index (χ4n) is 3.84. The largest absolute Gasteiger partial charge is 0.486 e. The molecule has 0 N–H and O–H groups in total. The number of aromatic nitrogens is 1. The van der Waals surface area contributed by atoms with Crippen LogP contribution in [-0.4, -0.2) is 4.57 Å². The molecule has 1 aliphatic heterocycles. The average Bonchev–Trinajstić information content (AvgIpc) is 2.69. The third kappa shape index (κ3) is 2.71. The van der Waals surface area contributed by atoms with Gasteiger partial charge in [0, 0.05) is 17.0 Å². The van der Waals surface area contributed by atoms with E-state index in [0.29, 0.717) is 23.9 Å². The van der Waals surface area contributed by atoms with E-state index in [1.807, 2.05) is 30.3 Å². The van der Waals surface area contributed by atoms with Crippen LogP contribution in [0.1, 0.15) is 16.7 Å². The van der Waals surface area contributed by atoms with Crippen LogP contribution in [0.15, 0.2) is 71.5 Å². The predicted octanol–water partition coefficient (Wildman–Crippen LogP) is 5.57. The van der Waals surface area contributed by atoms with Gasteiger partial charge in [0.1, 0.15) is 6.61 Å². The van der Waals surface area contributed by atoms with Gasteiger partial charge in [0.15, 0.2) is 5.75 Å². The Bertz CT molecular complexity index is 1270. The molecule has 0 bridgehead atoms. The van der Waals surface area contributed by atoms with Crippen LogP contribution in [0, 0.1) is 6.92 Å². The van der Waals surface area contributed by atoms with Crippen molar-refractivity contribution in [3.63, 3.8) is 0 Å². The zero-order valence-corrected chi connectivity index (χ0v) is 16.2. The summed E-state index contributed by atoms with van der Waals surface area (Å²) < 4.78 is 8.10. The number of ether oxygens (including phenoxy) is 1. The summed E-state index contributed by atoms with van der Waals surface area (Å²) >= 11 is 6.64. The number of hydrogen-bond acceptors (Lipinski definition) is 2. The van der Waals surface area contributed by atoms with E-state index in [0.717, 1.165) is 33.2 Å². The smallest absolute Gasteiger partial charge is 0.251 e. The highest BCUT2D eigenvalue weighted by molar-refractivity contribution is 6.36. The van der Waals surface area contributed by atoms with Crippen molar-refractivity contribution >= 4 is 22.5 Å². The molecule has 0 saturated carbocycles. The van der Waals surface area contributed by atoms with Gasteiger partial charge in [0.25, 0.3) is 5.56 Å². The first-order valence-electron chi connectivity index (χ1n) is 9.24. The van der Waals surface area contributed by atoms with E-state index >= 15 is 0 Å². The normalized spacial score (nSPS) is 12.8. The maximum Gasteiger partial charge on any atom is 0.251 e. The molecular weight excluding hydrogens is 370 g/mol. The zero-order valence-electron chi connectivity index (χ0n) is 15.4. The molecule has 0 unspecified atom stereocenters. The molecule has 1 aliphatic rings. The second-order valence-corrected chi connectivity index (χ2v) is 7.59. The number of pyridine rings is 1. The average molecular weight is 388 g/mol. The Morgan fingerprint density at radius 3 is 2.50 bits per heavy atom. The van der Waals surface area contributed by atoms with E-state index in [1.54, 1.807) is 16.7 Å². The molecule has 2 heterocycles. The SMILES string of the molecule is Cc1ccc(-c2cc(Cl)c3ccc(=O)n4c3c2OCc2ccccc2C4)cc1. The van der Waals surface area contributed by atoms with E-state index < -0.39 is 0 Å². The van der Waals surface area contributed by atoms with Gasteiger partial charge in [0.05, 0.1) is 17.1 Å². The molecule has 28 heavy (non-hydrogen) atoms. The Balaban J connectivity index is 1.87. The topological polar surface area (TPSA) is 31.2 Å². The van der Waals surface area contributed by atoms with E-state index in [9.17, 15) is 4.79 Å². The Hall–Kier alpha value is -3.04. The molecule has 4 aromatic rings. The van der Waals surface area contributed by atoms with Crippen molar-refractivity contribution in [1.29, 1.82) is 0 Å². The van der Waals surface area contributed by atoms with Gasteiger partial charge in [-0.15, -0.1) is 0 Å². The molecule has 0 atom stereocenters. The lowest BCUT2D eigenvalue weighted by Gasteiger charge is -2.23. The molecule has 4 heteroatoms. The van der Waals surface area contributed by atoms with Crippen molar-refractivity contribution in [1.82, 2.24) is 4.57 Å². The number of nitrogens with zero attached hydrogens (tertiary/aromatic N) is 1. The number of aryl methyl sites for hydroxylation is 1. The summed E-state index contributed by atoms with van der Waals surface area (Å²) in [6.07, 6.45) is 0. The fourth-order valence-corrected chi connectivity index (χ4v) is 4.10. The molecule has 0 radical (unpaired) electrons. The molecule has 0 amide bonds. The van der Waals surface area contributed by atoms with Crippen molar-refractivity contribution in [2.24, 2.45) is 0 Å². The number of hydrogen-bond donors (Lipinski definition) is 0. The minimum Gasteiger partial charge on any atom is -0.486 e. The van der Waals surface area contributed by atoms with Gasteiger partial charge >= 0.3 is 0 Å². The Morgan fingerprint density at radius 2 is 1.71 bits per heavy atom. The third-order valence-electron chi connectivity index (χ3n) is 5.35. The lowest BCUT2D eigenvalue weighted by Crippen LogP contribution is -2.23. The standard InChI is InChI=1S/C24H18ClNO2/c1-15-6-8-16(9-7-15)20-12-21(25)19-10-11-22(27)26-13-17-4-2-3-5-18(17)14-28-24(20)23(19)26/h2-12H,13-14H2,1H3. The van der Waals surface area contributed by atoms with Crippen LogP contribution in [0.25, 0.3) is 22.0 Å². The van der Waals surface area contributed by atoms with E-state index in [4.69, 9.17) is 16.3 Å². The number of fused-ring (bicyclic) bond motifs is 1. The van der Waals surface area contributed by atoms with Gasteiger partial charge in [-0.2, -0.15) is 0 Å². The first kappa shape index (κ1) is 17.1. The van der Waals surface area contributed by atoms with Crippen LogP contribution in [0.4, 0.5) is 0 Å². The van der Waals surface area contributed by atoms with Gasteiger partial charge in [0.2, 0.25) is 0 Å². The van der Waals surface area contributed by atoms with Crippen LogP contribution >= 0.6 is 11.6 Å². The monoisotopic (exact) mass is 387 g/mol. The molecule has 3 nitrogen and oxygen atoms in total. The molecular formula is C24H18ClNO2. The minimum atomic E-state index is -0.0637. The number of halogens is 1. The second-order valence-electron chi connectivity index (χ2n) is 7.18. The summed E-state index contributed by atoms with van der Waals surface area (Å²) in [5.41, 5.74) is 5.96. The van der Waals surface area contributed by atoms with Crippen molar-refractivity contribution in [3.05, 3.63) is 98.8 Å². The van der Waals surface area contributed by atoms with Crippen molar-refractivity contribution in [2.75, 3.05) is 0 Å². The summed E-state index contributed by atoms with van der Waals surface area (Å²) in [5, 5.41) is 1.44. The number of benzene rings is 3. The number of rotatable bonds is 1. The maximum absolute atomic E-state index is 12.8. The third-order valence-corrected chi connectivity index (χ3v) is 5.67. The minimum absolute atomic E-state index is 0.0637. The van der Waals surface area contributed by atoms with Gasteiger partial charge in [-0.05, 0) is 35.7 Å². The first-order valence-corrected chi connectivity index (χ1v) is 9.62. The van der Waals surface area contributed by atoms with Crippen LogP contribution in [0.2, 0.25) is 5.02 Å². The second kappa shape index (κ2) is 6.54. The van der Waals surface area contributed by atoms with Crippen LogP contribution in [0.3, 0.4) is 0 Å². The van der Waals surface area contributed by atoms with E-state index in [1.165, 1.54) is 5.56 Å². The highest BCUT2D eigenvalue weighted by Gasteiger charge is 2.21. The maximum atomic E-state index is 12.8. The molecule has 3 aromatic carbocycles. The molecule has 138 valence electrons. The van der Waals surface area contributed by atoms with Crippen molar-refractivity contribution in [2.45, 2.75) is 20.1 Å². The van der Waals surface area contributed by atoms with Gasteiger partial charge in [-0.1, -0.05) is 65.7 Å². The predicted molar refractivity (Wildman–Crippen MR) is 113 cm³/mol. The molecule has 0 saturated heterocycles. The molecule has 0 aliphatic carbocycles. The molecule has 0 spiro atoms. The highest BCUT2D eigenvalue weighted by Crippen LogP contribution is 2.41. The lowest BCUT2D eigenvalue weighted by molar-refractivity contribution is 0.305.